The van der Waals surface area contributed by atoms with Gasteiger partial charge in [-0.05, 0) is 84.7 Å². The highest BCUT2D eigenvalue weighted by molar-refractivity contribution is 9.10. The molecule has 0 spiro atoms. The van der Waals surface area contributed by atoms with Crippen LogP contribution in [0.1, 0.15) is 73.9 Å². The number of carbonyl (C=O) groups is 2. The molecule has 2 atom stereocenters. The van der Waals surface area contributed by atoms with E-state index in [0.717, 1.165) is 16.0 Å². The summed E-state index contributed by atoms with van der Waals surface area (Å²) in [6, 6.07) is 14.6. The van der Waals surface area contributed by atoms with Crippen molar-refractivity contribution in [1.82, 2.24) is 5.32 Å². The van der Waals surface area contributed by atoms with Crippen molar-refractivity contribution >= 4 is 27.8 Å². The van der Waals surface area contributed by atoms with Gasteiger partial charge < -0.3 is 16.2 Å². The van der Waals surface area contributed by atoms with E-state index in [1.54, 1.807) is 24.3 Å². The number of hydrogen-bond donors (Lipinski definition) is 3. The number of amides is 1. The SMILES string of the molecule is CC(C)(C)C1CCC([C@@H](CNC(=O)c2ccc(C[C@H](N)C(=O)O)cc2)c2ccc(Br)cc2)CC1. The smallest absolute Gasteiger partial charge is 0.320 e. The zero-order valence-electron chi connectivity index (χ0n) is 20.4. The molecular weight excluding hydrogens is 492 g/mol. The average molecular weight is 530 g/mol. The molecule has 0 unspecified atom stereocenters. The van der Waals surface area contributed by atoms with Crippen molar-refractivity contribution in [1.29, 1.82) is 0 Å². The molecule has 0 aliphatic heterocycles. The Morgan fingerprint density at radius 1 is 1.03 bits per heavy atom. The summed E-state index contributed by atoms with van der Waals surface area (Å²) in [5.74, 6) is 0.416. The normalized spacial score (nSPS) is 20.4. The molecular formula is C28H37BrN2O3. The maximum Gasteiger partial charge on any atom is 0.320 e. The van der Waals surface area contributed by atoms with Gasteiger partial charge in [-0.3, -0.25) is 9.59 Å². The molecule has 1 aliphatic carbocycles. The van der Waals surface area contributed by atoms with E-state index in [4.69, 9.17) is 10.8 Å². The summed E-state index contributed by atoms with van der Waals surface area (Å²) in [6.07, 6.45) is 5.05. The average Bonchev–Trinajstić information content (AvgIpc) is 2.80. The number of rotatable bonds is 8. The van der Waals surface area contributed by atoms with Gasteiger partial charge in [-0.1, -0.05) is 61.0 Å². The molecule has 6 heteroatoms. The first-order chi connectivity index (χ1) is 16.0. The van der Waals surface area contributed by atoms with Gasteiger partial charge in [0.15, 0.2) is 0 Å². The van der Waals surface area contributed by atoms with Crippen LogP contribution in [0.3, 0.4) is 0 Å². The van der Waals surface area contributed by atoms with Gasteiger partial charge in [-0.2, -0.15) is 0 Å². The quantitative estimate of drug-likeness (QED) is 0.405. The third-order valence-electron chi connectivity index (χ3n) is 7.34. The van der Waals surface area contributed by atoms with Crippen LogP contribution in [0.5, 0.6) is 0 Å². The van der Waals surface area contributed by atoms with Gasteiger partial charge in [0.2, 0.25) is 0 Å². The van der Waals surface area contributed by atoms with Crippen molar-refractivity contribution in [2.45, 2.75) is 64.8 Å². The second-order valence-electron chi connectivity index (χ2n) is 10.7. The van der Waals surface area contributed by atoms with Crippen molar-refractivity contribution in [2.24, 2.45) is 23.0 Å². The summed E-state index contributed by atoms with van der Waals surface area (Å²) < 4.78 is 1.05. The summed E-state index contributed by atoms with van der Waals surface area (Å²) in [6.45, 7) is 7.61. The van der Waals surface area contributed by atoms with Crippen molar-refractivity contribution in [2.75, 3.05) is 6.54 Å². The molecule has 2 aromatic rings. The fourth-order valence-electron chi connectivity index (χ4n) is 5.09. The minimum absolute atomic E-state index is 0.112. The van der Waals surface area contributed by atoms with E-state index < -0.39 is 12.0 Å². The summed E-state index contributed by atoms with van der Waals surface area (Å²) in [7, 11) is 0. The summed E-state index contributed by atoms with van der Waals surface area (Å²) in [5.41, 5.74) is 8.59. The molecule has 34 heavy (non-hydrogen) atoms. The van der Waals surface area contributed by atoms with Crippen LogP contribution in [0.2, 0.25) is 0 Å². The highest BCUT2D eigenvalue weighted by Gasteiger charge is 2.33. The lowest BCUT2D eigenvalue weighted by Crippen LogP contribution is -2.34. The van der Waals surface area contributed by atoms with Crippen molar-refractivity contribution in [3.05, 3.63) is 69.7 Å². The fourth-order valence-corrected chi connectivity index (χ4v) is 5.36. The lowest BCUT2D eigenvalue weighted by atomic mass is 9.66. The zero-order valence-corrected chi connectivity index (χ0v) is 22.0. The van der Waals surface area contributed by atoms with Gasteiger partial charge >= 0.3 is 5.97 Å². The minimum atomic E-state index is -1.03. The van der Waals surface area contributed by atoms with Crippen LogP contribution in [-0.2, 0) is 11.2 Å². The molecule has 0 heterocycles. The minimum Gasteiger partial charge on any atom is -0.480 e. The highest BCUT2D eigenvalue weighted by atomic mass is 79.9. The Balaban J connectivity index is 1.66. The molecule has 2 aromatic carbocycles. The van der Waals surface area contributed by atoms with Crippen LogP contribution >= 0.6 is 15.9 Å². The van der Waals surface area contributed by atoms with Crippen molar-refractivity contribution in [3.63, 3.8) is 0 Å². The molecule has 1 amide bonds. The van der Waals surface area contributed by atoms with E-state index >= 15 is 0 Å². The topological polar surface area (TPSA) is 92.4 Å². The number of aliphatic carboxylic acids is 1. The number of carboxylic acid groups (broad SMARTS) is 1. The monoisotopic (exact) mass is 528 g/mol. The van der Waals surface area contributed by atoms with Gasteiger partial charge in [-0.25, -0.2) is 0 Å². The first kappa shape index (κ1) is 26.4. The van der Waals surface area contributed by atoms with Crippen LogP contribution in [0.25, 0.3) is 0 Å². The Kier molecular flexibility index (Phi) is 8.94. The molecule has 3 rings (SSSR count). The number of benzene rings is 2. The Morgan fingerprint density at radius 3 is 2.15 bits per heavy atom. The summed E-state index contributed by atoms with van der Waals surface area (Å²) in [5, 5.41) is 12.1. The molecule has 0 aromatic heterocycles. The van der Waals surface area contributed by atoms with Crippen LogP contribution in [0.15, 0.2) is 53.0 Å². The lowest BCUT2D eigenvalue weighted by molar-refractivity contribution is -0.138. The molecule has 5 nitrogen and oxygen atoms in total. The first-order valence-electron chi connectivity index (χ1n) is 12.2. The molecule has 0 radical (unpaired) electrons. The summed E-state index contributed by atoms with van der Waals surface area (Å²) >= 11 is 3.53. The van der Waals surface area contributed by atoms with Gasteiger partial charge in [0.25, 0.3) is 5.91 Å². The number of hydrogen-bond acceptors (Lipinski definition) is 3. The second-order valence-corrected chi connectivity index (χ2v) is 11.6. The molecule has 1 fully saturated rings. The number of carboxylic acids is 1. The second kappa shape index (κ2) is 11.5. The molecule has 0 saturated heterocycles. The predicted molar refractivity (Wildman–Crippen MR) is 140 cm³/mol. The summed E-state index contributed by atoms with van der Waals surface area (Å²) in [4.78, 5) is 23.9. The molecule has 1 saturated carbocycles. The van der Waals surface area contributed by atoms with E-state index in [2.05, 4.69) is 66.3 Å². The number of nitrogens with two attached hydrogens (primary N) is 1. The fraction of sp³-hybridized carbons (Fsp3) is 0.500. The zero-order chi connectivity index (χ0) is 24.9. The third kappa shape index (κ3) is 7.16. The third-order valence-corrected chi connectivity index (χ3v) is 7.86. The number of halogens is 1. The Morgan fingerprint density at radius 2 is 1.62 bits per heavy atom. The Bertz CT molecular complexity index is 959. The predicted octanol–water partition coefficient (Wildman–Crippen LogP) is 5.77. The van der Waals surface area contributed by atoms with Gasteiger partial charge in [-0.15, -0.1) is 0 Å². The van der Waals surface area contributed by atoms with Crippen molar-refractivity contribution in [3.8, 4) is 0 Å². The largest absolute Gasteiger partial charge is 0.480 e. The molecule has 4 N–H and O–H groups in total. The van der Waals surface area contributed by atoms with E-state index in [-0.39, 0.29) is 18.2 Å². The van der Waals surface area contributed by atoms with Crippen LogP contribution in [0.4, 0.5) is 0 Å². The van der Waals surface area contributed by atoms with E-state index in [1.165, 1.54) is 31.2 Å². The number of nitrogens with one attached hydrogen (secondary N) is 1. The molecule has 184 valence electrons. The molecule has 1 aliphatic rings. The first-order valence-corrected chi connectivity index (χ1v) is 12.9. The van der Waals surface area contributed by atoms with E-state index in [1.807, 2.05) is 0 Å². The Hall–Kier alpha value is -2.18. The van der Waals surface area contributed by atoms with Crippen LogP contribution < -0.4 is 11.1 Å². The van der Waals surface area contributed by atoms with E-state index in [9.17, 15) is 9.59 Å². The van der Waals surface area contributed by atoms with Crippen molar-refractivity contribution < 1.29 is 14.7 Å². The lowest BCUT2D eigenvalue weighted by Gasteiger charge is -2.39. The maximum atomic E-state index is 12.9. The standard InChI is InChI=1S/C28H37BrN2O3/c1-28(2,3)22-12-8-19(9-13-22)24(20-10-14-23(29)15-11-20)17-31-26(32)21-6-4-18(5-7-21)16-25(30)27(33)34/h4-7,10-11,14-15,19,22,24-25H,8-9,12-13,16-17,30H2,1-3H3,(H,31,32)(H,33,34)/t19?,22?,24-,25+/m1/s1. The van der Waals surface area contributed by atoms with E-state index in [0.29, 0.717) is 23.4 Å². The highest BCUT2D eigenvalue weighted by Crippen LogP contribution is 2.44. The Labute approximate surface area is 211 Å². The van der Waals surface area contributed by atoms with Gasteiger partial charge in [0.05, 0.1) is 0 Å². The molecule has 0 bridgehead atoms. The van der Waals surface area contributed by atoms with Gasteiger partial charge in [0.1, 0.15) is 6.04 Å². The van der Waals surface area contributed by atoms with Crippen LogP contribution in [0, 0.1) is 17.3 Å². The van der Waals surface area contributed by atoms with Crippen LogP contribution in [-0.4, -0.2) is 29.6 Å². The number of carbonyl (C=O) groups excluding carboxylic acids is 1. The van der Waals surface area contributed by atoms with Gasteiger partial charge in [0, 0.05) is 22.5 Å². The maximum absolute atomic E-state index is 12.9.